The number of piperazine rings is 1. The predicted octanol–water partition coefficient (Wildman–Crippen LogP) is 4.00. The van der Waals surface area contributed by atoms with Gasteiger partial charge in [-0.3, -0.25) is 9.78 Å². The fraction of sp³-hybridized carbons (Fsp3) is 0.280. The Kier molecular flexibility index (Phi) is 4.87. The fourth-order valence-electron chi connectivity index (χ4n) is 4.59. The van der Waals surface area contributed by atoms with Crippen LogP contribution in [0, 0.1) is 0 Å². The summed E-state index contributed by atoms with van der Waals surface area (Å²) in [5.74, 6) is 0.0321. The third kappa shape index (κ3) is 3.41. The van der Waals surface area contributed by atoms with Crippen LogP contribution in [-0.2, 0) is 6.42 Å². The first-order valence-electron chi connectivity index (χ1n) is 10.6. The average molecular weight is 399 g/mol. The van der Waals surface area contributed by atoms with Crippen molar-refractivity contribution in [1.82, 2.24) is 4.98 Å². The minimum Gasteiger partial charge on any atom is -0.368 e. The van der Waals surface area contributed by atoms with Gasteiger partial charge in [-0.25, -0.2) is 0 Å². The zero-order valence-corrected chi connectivity index (χ0v) is 17.2. The van der Waals surface area contributed by atoms with E-state index in [4.69, 9.17) is 0 Å². The molecule has 1 aromatic heterocycles. The van der Waals surface area contributed by atoms with Crippen molar-refractivity contribution in [3.8, 4) is 0 Å². The van der Waals surface area contributed by atoms with E-state index < -0.39 is 0 Å². The van der Waals surface area contributed by atoms with Gasteiger partial charge in [-0.15, -0.1) is 0 Å². The summed E-state index contributed by atoms with van der Waals surface area (Å²) < 4.78 is 0. The minimum atomic E-state index is 0.0321. The third-order valence-electron chi connectivity index (χ3n) is 6.16. The smallest absolute Gasteiger partial charge is 0.260 e. The topological polar surface area (TPSA) is 39.7 Å². The molecule has 1 unspecified atom stereocenters. The monoisotopic (exact) mass is 398 g/mol. The second-order valence-corrected chi connectivity index (χ2v) is 8.10. The molecule has 0 aliphatic carbocycles. The van der Waals surface area contributed by atoms with Crippen molar-refractivity contribution in [3.63, 3.8) is 0 Å². The lowest BCUT2D eigenvalue weighted by Gasteiger charge is -2.37. The molecule has 5 nitrogen and oxygen atoms in total. The van der Waals surface area contributed by atoms with Crippen molar-refractivity contribution < 1.29 is 4.79 Å². The molecule has 0 N–H and O–H groups in total. The van der Waals surface area contributed by atoms with Crippen molar-refractivity contribution in [2.45, 2.75) is 19.4 Å². The molecule has 1 atom stereocenters. The van der Waals surface area contributed by atoms with E-state index in [2.05, 4.69) is 52.0 Å². The number of anilines is 3. The standard InChI is InChI=1S/C25H26N4O/c1-19-15-20-7-5-6-10-24(20)29(19)25(30)21-16-23(18-26-17-21)28-13-11-27(12-14-28)22-8-3-2-4-9-22/h2-10,16-19H,11-15H2,1H3. The van der Waals surface area contributed by atoms with Gasteiger partial charge in [0, 0.05) is 49.8 Å². The Morgan fingerprint density at radius 1 is 0.867 bits per heavy atom. The molecule has 2 aromatic carbocycles. The van der Waals surface area contributed by atoms with Gasteiger partial charge >= 0.3 is 0 Å². The van der Waals surface area contributed by atoms with Gasteiger partial charge in [0.1, 0.15) is 0 Å². The van der Waals surface area contributed by atoms with Gasteiger partial charge in [0.25, 0.3) is 5.91 Å². The first kappa shape index (κ1) is 18.7. The van der Waals surface area contributed by atoms with Crippen LogP contribution in [0.5, 0.6) is 0 Å². The highest BCUT2D eigenvalue weighted by Gasteiger charge is 2.31. The van der Waals surface area contributed by atoms with Crippen molar-refractivity contribution in [1.29, 1.82) is 0 Å². The Balaban J connectivity index is 1.32. The van der Waals surface area contributed by atoms with E-state index in [0.717, 1.165) is 44.0 Å². The molecule has 5 heteroatoms. The zero-order chi connectivity index (χ0) is 20.5. The number of fused-ring (bicyclic) bond motifs is 1. The molecule has 30 heavy (non-hydrogen) atoms. The highest BCUT2D eigenvalue weighted by molar-refractivity contribution is 6.08. The van der Waals surface area contributed by atoms with Crippen molar-refractivity contribution in [2.75, 3.05) is 40.9 Å². The minimum absolute atomic E-state index is 0.0321. The van der Waals surface area contributed by atoms with Gasteiger partial charge < -0.3 is 14.7 Å². The van der Waals surface area contributed by atoms with E-state index in [1.165, 1.54) is 11.3 Å². The SMILES string of the molecule is CC1Cc2ccccc2N1C(=O)c1cncc(N2CCN(c3ccccc3)CC2)c1. The molecule has 2 aliphatic heterocycles. The first-order valence-corrected chi connectivity index (χ1v) is 10.6. The quantitative estimate of drug-likeness (QED) is 0.669. The number of aromatic nitrogens is 1. The summed E-state index contributed by atoms with van der Waals surface area (Å²) in [5, 5.41) is 0. The molecule has 0 spiro atoms. The van der Waals surface area contributed by atoms with Crippen LogP contribution < -0.4 is 14.7 Å². The van der Waals surface area contributed by atoms with Crippen LogP contribution in [0.15, 0.2) is 73.1 Å². The number of pyridine rings is 1. The Morgan fingerprint density at radius 3 is 2.30 bits per heavy atom. The highest BCUT2D eigenvalue weighted by Crippen LogP contribution is 2.33. The van der Waals surface area contributed by atoms with Crippen LogP contribution >= 0.6 is 0 Å². The molecule has 0 saturated carbocycles. The number of nitrogens with zero attached hydrogens (tertiary/aromatic N) is 4. The lowest BCUT2D eigenvalue weighted by Crippen LogP contribution is -2.46. The summed E-state index contributed by atoms with van der Waals surface area (Å²) in [6.07, 6.45) is 4.46. The Labute approximate surface area is 177 Å². The lowest BCUT2D eigenvalue weighted by molar-refractivity contribution is 0.0981. The summed E-state index contributed by atoms with van der Waals surface area (Å²) in [5.41, 5.74) is 5.20. The third-order valence-corrected chi connectivity index (χ3v) is 6.16. The second kappa shape index (κ2) is 7.82. The van der Waals surface area contributed by atoms with Gasteiger partial charge in [-0.05, 0) is 43.2 Å². The summed E-state index contributed by atoms with van der Waals surface area (Å²) in [7, 11) is 0. The number of carbonyl (C=O) groups excluding carboxylic acids is 1. The molecule has 0 radical (unpaired) electrons. The van der Waals surface area contributed by atoms with Crippen LogP contribution in [0.1, 0.15) is 22.8 Å². The number of benzene rings is 2. The molecule has 3 aromatic rings. The molecule has 1 fully saturated rings. The van der Waals surface area contributed by atoms with E-state index in [1.54, 1.807) is 6.20 Å². The van der Waals surface area contributed by atoms with Crippen LogP contribution in [0.3, 0.4) is 0 Å². The predicted molar refractivity (Wildman–Crippen MR) is 122 cm³/mol. The maximum absolute atomic E-state index is 13.4. The molecule has 2 aliphatic rings. The van der Waals surface area contributed by atoms with Gasteiger partial charge in [0.05, 0.1) is 17.4 Å². The van der Waals surface area contributed by atoms with Crippen LogP contribution in [0.25, 0.3) is 0 Å². The molecular formula is C25H26N4O. The number of amides is 1. The molecule has 5 rings (SSSR count). The maximum atomic E-state index is 13.4. The van der Waals surface area contributed by atoms with Crippen molar-refractivity contribution >= 4 is 23.0 Å². The molecule has 1 amide bonds. The van der Waals surface area contributed by atoms with E-state index in [0.29, 0.717) is 5.56 Å². The Morgan fingerprint density at radius 2 is 1.53 bits per heavy atom. The lowest BCUT2D eigenvalue weighted by atomic mass is 10.1. The van der Waals surface area contributed by atoms with E-state index in [1.807, 2.05) is 41.4 Å². The van der Waals surface area contributed by atoms with Crippen molar-refractivity contribution in [2.24, 2.45) is 0 Å². The summed E-state index contributed by atoms with van der Waals surface area (Å²) in [6.45, 7) is 5.85. The van der Waals surface area contributed by atoms with E-state index in [9.17, 15) is 4.79 Å². The highest BCUT2D eigenvalue weighted by atomic mass is 16.2. The number of carbonyl (C=O) groups is 1. The molecular weight excluding hydrogens is 372 g/mol. The van der Waals surface area contributed by atoms with Crippen LogP contribution in [-0.4, -0.2) is 43.1 Å². The Hall–Kier alpha value is -3.34. The summed E-state index contributed by atoms with van der Waals surface area (Å²) >= 11 is 0. The van der Waals surface area contributed by atoms with Crippen molar-refractivity contribution in [3.05, 3.63) is 84.2 Å². The second-order valence-electron chi connectivity index (χ2n) is 8.10. The van der Waals surface area contributed by atoms with Gasteiger partial charge in [-0.1, -0.05) is 36.4 Å². The number of rotatable bonds is 3. The van der Waals surface area contributed by atoms with Crippen LogP contribution in [0.2, 0.25) is 0 Å². The normalized spacial score (nSPS) is 18.4. The molecule has 0 bridgehead atoms. The summed E-state index contributed by atoms with van der Waals surface area (Å²) in [4.78, 5) is 24.4. The van der Waals surface area contributed by atoms with E-state index in [-0.39, 0.29) is 11.9 Å². The van der Waals surface area contributed by atoms with Gasteiger partial charge in [0.2, 0.25) is 0 Å². The Bertz CT molecular complexity index is 1040. The largest absolute Gasteiger partial charge is 0.368 e. The van der Waals surface area contributed by atoms with E-state index >= 15 is 0 Å². The number of para-hydroxylation sites is 2. The zero-order valence-electron chi connectivity index (χ0n) is 17.2. The summed E-state index contributed by atoms with van der Waals surface area (Å²) in [6, 6.07) is 20.9. The number of hydrogen-bond donors (Lipinski definition) is 0. The van der Waals surface area contributed by atoms with Gasteiger partial charge in [-0.2, -0.15) is 0 Å². The van der Waals surface area contributed by atoms with Gasteiger partial charge in [0.15, 0.2) is 0 Å². The molecule has 1 saturated heterocycles. The number of hydrogen-bond acceptors (Lipinski definition) is 4. The maximum Gasteiger partial charge on any atom is 0.260 e. The first-order chi connectivity index (χ1) is 14.7. The average Bonchev–Trinajstić information content (AvgIpc) is 3.15. The molecule has 3 heterocycles. The van der Waals surface area contributed by atoms with Crippen LogP contribution in [0.4, 0.5) is 17.1 Å². The molecule has 152 valence electrons. The fourth-order valence-corrected chi connectivity index (χ4v) is 4.59.